The number of nitro groups is 1. The van der Waals surface area contributed by atoms with Gasteiger partial charge in [0.15, 0.2) is 5.75 Å². The topological polar surface area (TPSA) is 81.8 Å². The Bertz CT molecular complexity index is 425. The van der Waals surface area contributed by atoms with Crippen LogP contribution in [0, 0.1) is 10.1 Å². The Hall–Kier alpha value is -1.82. The van der Waals surface area contributed by atoms with Crippen LogP contribution in [-0.2, 0) is 0 Å². The second-order valence-corrected chi connectivity index (χ2v) is 4.50. The van der Waals surface area contributed by atoms with Crippen LogP contribution in [0.15, 0.2) is 18.2 Å². The van der Waals surface area contributed by atoms with E-state index in [1.54, 1.807) is 19.9 Å². The summed E-state index contributed by atoms with van der Waals surface area (Å²) in [6.07, 6.45) is 0.437. The first-order valence-corrected chi connectivity index (χ1v) is 5.51. The average Bonchev–Trinajstić information content (AvgIpc) is 2.27. The Morgan fingerprint density at radius 3 is 2.61 bits per heavy atom. The van der Waals surface area contributed by atoms with Gasteiger partial charge in [-0.1, -0.05) is 0 Å². The lowest BCUT2D eigenvalue weighted by Gasteiger charge is -2.17. The number of hydrogen-bond acceptors (Lipinski definition) is 5. The minimum atomic E-state index is -0.821. The summed E-state index contributed by atoms with van der Waals surface area (Å²) in [7, 11) is 1.37. The smallest absolute Gasteiger partial charge is 0.314 e. The zero-order valence-corrected chi connectivity index (χ0v) is 10.7. The third-order valence-electron chi connectivity index (χ3n) is 2.33. The predicted octanol–water partition coefficient (Wildman–Crippen LogP) is 2.14. The first-order chi connectivity index (χ1) is 8.33. The molecule has 1 aromatic rings. The van der Waals surface area contributed by atoms with Gasteiger partial charge in [0.1, 0.15) is 5.75 Å². The zero-order chi connectivity index (χ0) is 13.8. The Kier molecular flexibility index (Phi) is 4.49. The Morgan fingerprint density at radius 1 is 1.44 bits per heavy atom. The van der Waals surface area contributed by atoms with Gasteiger partial charge in [-0.15, -0.1) is 0 Å². The van der Waals surface area contributed by atoms with Crippen molar-refractivity contribution in [1.82, 2.24) is 0 Å². The van der Waals surface area contributed by atoms with E-state index in [2.05, 4.69) is 0 Å². The summed E-state index contributed by atoms with van der Waals surface area (Å²) in [5, 5.41) is 20.3. The summed E-state index contributed by atoms with van der Waals surface area (Å²) in [6, 6.07) is 4.39. The third-order valence-corrected chi connectivity index (χ3v) is 2.33. The molecule has 6 heteroatoms. The maximum absolute atomic E-state index is 10.8. The fourth-order valence-corrected chi connectivity index (χ4v) is 1.32. The maximum atomic E-state index is 10.8. The standard InChI is InChI=1S/C12H17NO5/c1-12(2,14)6-7-18-9-4-5-11(17-3)10(8-9)13(15)16/h4-5,8,14H,6-7H2,1-3H3. The fourth-order valence-electron chi connectivity index (χ4n) is 1.32. The maximum Gasteiger partial charge on any atom is 0.314 e. The highest BCUT2D eigenvalue weighted by Gasteiger charge is 2.17. The number of rotatable bonds is 6. The highest BCUT2D eigenvalue weighted by Crippen LogP contribution is 2.30. The summed E-state index contributed by atoms with van der Waals surface area (Å²) in [5.41, 5.74) is -0.962. The number of ether oxygens (including phenoxy) is 2. The third kappa shape index (κ3) is 4.21. The van der Waals surface area contributed by atoms with Gasteiger partial charge in [-0.3, -0.25) is 10.1 Å². The number of hydrogen-bond donors (Lipinski definition) is 1. The van der Waals surface area contributed by atoms with E-state index in [1.807, 2.05) is 0 Å². The minimum absolute atomic E-state index is 0.141. The molecule has 0 fully saturated rings. The van der Waals surface area contributed by atoms with Crippen molar-refractivity contribution in [1.29, 1.82) is 0 Å². The van der Waals surface area contributed by atoms with Crippen LogP contribution >= 0.6 is 0 Å². The van der Waals surface area contributed by atoms with E-state index in [0.29, 0.717) is 12.2 Å². The summed E-state index contributed by atoms with van der Waals surface area (Å²) in [4.78, 5) is 10.3. The molecule has 0 amide bonds. The number of methoxy groups -OCH3 is 1. The van der Waals surface area contributed by atoms with Crippen molar-refractivity contribution < 1.29 is 19.5 Å². The van der Waals surface area contributed by atoms with Gasteiger partial charge in [-0.2, -0.15) is 0 Å². The molecule has 1 N–H and O–H groups in total. The highest BCUT2D eigenvalue weighted by molar-refractivity contribution is 5.50. The molecule has 0 heterocycles. The molecule has 0 aliphatic rings. The van der Waals surface area contributed by atoms with Crippen LogP contribution < -0.4 is 9.47 Å². The molecule has 0 aromatic heterocycles. The fraction of sp³-hybridized carbons (Fsp3) is 0.500. The molecule has 0 saturated carbocycles. The number of nitrogens with zero attached hydrogens (tertiary/aromatic N) is 1. The second-order valence-electron chi connectivity index (χ2n) is 4.50. The van der Waals surface area contributed by atoms with Gasteiger partial charge in [0.2, 0.25) is 0 Å². The van der Waals surface area contributed by atoms with Crippen LogP contribution in [-0.4, -0.2) is 29.3 Å². The van der Waals surface area contributed by atoms with E-state index >= 15 is 0 Å². The first-order valence-electron chi connectivity index (χ1n) is 5.51. The molecule has 0 aliphatic heterocycles. The monoisotopic (exact) mass is 255 g/mol. The summed E-state index contributed by atoms with van der Waals surface area (Å²) in [6.45, 7) is 3.63. The molecular formula is C12H17NO5. The molecule has 0 unspecified atom stereocenters. The SMILES string of the molecule is COc1ccc(OCCC(C)(C)O)cc1[N+](=O)[O-]. The van der Waals surface area contributed by atoms with Crippen LogP contribution in [0.1, 0.15) is 20.3 Å². The van der Waals surface area contributed by atoms with Crippen LogP contribution in [0.3, 0.4) is 0 Å². The molecule has 0 bridgehead atoms. The molecule has 0 saturated heterocycles. The Morgan fingerprint density at radius 2 is 2.11 bits per heavy atom. The van der Waals surface area contributed by atoms with E-state index in [4.69, 9.17) is 9.47 Å². The van der Waals surface area contributed by atoms with Crippen LogP contribution in [0.4, 0.5) is 5.69 Å². The van der Waals surface area contributed by atoms with Crippen LogP contribution in [0.5, 0.6) is 11.5 Å². The molecule has 100 valence electrons. The largest absolute Gasteiger partial charge is 0.493 e. The minimum Gasteiger partial charge on any atom is -0.493 e. The first kappa shape index (κ1) is 14.2. The van der Waals surface area contributed by atoms with Gasteiger partial charge >= 0.3 is 5.69 Å². The lowest BCUT2D eigenvalue weighted by atomic mass is 10.1. The lowest BCUT2D eigenvalue weighted by Crippen LogP contribution is -2.21. The van der Waals surface area contributed by atoms with Gasteiger partial charge in [0, 0.05) is 6.42 Å². The quantitative estimate of drug-likeness (QED) is 0.622. The van der Waals surface area contributed by atoms with Gasteiger partial charge in [0.05, 0.1) is 30.3 Å². The molecule has 0 radical (unpaired) electrons. The number of aliphatic hydroxyl groups is 1. The van der Waals surface area contributed by atoms with Gasteiger partial charge in [-0.25, -0.2) is 0 Å². The molecule has 1 aromatic carbocycles. The summed E-state index contributed by atoms with van der Waals surface area (Å²) < 4.78 is 10.2. The van der Waals surface area contributed by atoms with Crippen LogP contribution in [0.25, 0.3) is 0 Å². The molecule has 0 spiro atoms. The number of benzene rings is 1. The summed E-state index contributed by atoms with van der Waals surface area (Å²) >= 11 is 0. The lowest BCUT2D eigenvalue weighted by molar-refractivity contribution is -0.385. The van der Waals surface area contributed by atoms with E-state index in [1.165, 1.54) is 19.2 Å². The van der Waals surface area contributed by atoms with Crippen LogP contribution in [0.2, 0.25) is 0 Å². The highest BCUT2D eigenvalue weighted by atomic mass is 16.6. The van der Waals surface area contributed by atoms with Crippen molar-refractivity contribution >= 4 is 5.69 Å². The molecule has 18 heavy (non-hydrogen) atoms. The van der Waals surface area contributed by atoms with E-state index in [-0.39, 0.29) is 18.0 Å². The molecule has 6 nitrogen and oxygen atoms in total. The van der Waals surface area contributed by atoms with Gasteiger partial charge < -0.3 is 14.6 Å². The Labute approximate surface area is 105 Å². The van der Waals surface area contributed by atoms with Crippen molar-refractivity contribution in [2.75, 3.05) is 13.7 Å². The molecule has 0 atom stereocenters. The van der Waals surface area contributed by atoms with Gasteiger partial charge in [-0.05, 0) is 26.0 Å². The molecule has 1 rings (SSSR count). The van der Waals surface area contributed by atoms with E-state index in [9.17, 15) is 15.2 Å². The van der Waals surface area contributed by atoms with E-state index in [0.717, 1.165) is 0 Å². The van der Waals surface area contributed by atoms with Crippen molar-refractivity contribution in [2.45, 2.75) is 25.9 Å². The van der Waals surface area contributed by atoms with E-state index < -0.39 is 10.5 Å². The summed E-state index contributed by atoms with van der Waals surface area (Å²) in [5.74, 6) is 0.571. The van der Waals surface area contributed by atoms with Crippen molar-refractivity contribution in [3.8, 4) is 11.5 Å². The Balaban J connectivity index is 2.73. The predicted molar refractivity (Wildman–Crippen MR) is 66.1 cm³/mol. The number of nitro benzene ring substituents is 1. The van der Waals surface area contributed by atoms with Gasteiger partial charge in [0.25, 0.3) is 0 Å². The zero-order valence-electron chi connectivity index (χ0n) is 10.7. The average molecular weight is 255 g/mol. The molecular weight excluding hydrogens is 238 g/mol. The van der Waals surface area contributed by atoms with Crippen molar-refractivity contribution in [3.63, 3.8) is 0 Å². The normalized spacial score (nSPS) is 11.1. The second kappa shape index (κ2) is 5.68. The van der Waals surface area contributed by atoms with Crippen molar-refractivity contribution in [3.05, 3.63) is 28.3 Å². The molecule has 0 aliphatic carbocycles. The van der Waals surface area contributed by atoms with Crippen molar-refractivity contribution in [2.24, 2.45) is 0 Å².